The van der Waals surface area contributed by atoms with E-state index in [4.69, 9.17) is 14.5 Å². The zero-order chi connectivity index (χ0) is 14.0. The smallest absolute Gasteiger partial charge is 0.454 e. The molecule has 2 rings (SSSR count). The number of cyclic esters (lactones) is 1. The van der Waals surface area contributed by atoms with Gasteiger partial charge < -0.3 is 14.5 Å². The molecule has 0 aliphatic carbocycles. The maximum atomic E-state index is 11.6. The minimum Gasteiger partial charge on any atom is -0.454 e. The van der Waals surface area contributed by atoms with Crippen LogP contribution in [0.1, 0.15) is 41.8 Å². The van der Waals surface area contributed by atoms with Crippen molar-refractivity contribution in [1.29, 1.82) is 0 Å². The number of carbonyl (C=O) groups is 1. The molecule has 0 amide bonds. The first kappa shape index (κ1) is 14.2. The molecule has 1 aliphatic heterocycles. The second kappa shape index (κ2) is 5.43. The Kier molecular flexibility index (Phi) is 4.06. The summed E-state index contributed by atoms with van der Waals surface area (Å²) >= 11 is 0. The van der Waals surface area contributed by atoms with Crippen molar-refractivity contribution in [2.45, 2.75) is 32.0 Å². The minimum atomic E-state index is -4.47. The lowest BCUT2D eigenvalue weighted by atomic mass is 10.0. The van der Waals surface area contributed by atoms with E-state index in [0.29, 0.717) is 18.4 Å². The standard InChI is InChI=1S/C12H15O6P/c1-8(18-19(14,15)16)6-7-11-9-4-2-3-5-10(9)12(13)17-11/h2-5,8,11H,6-7H2,1H3,(H2,14,15,16)/t8?,11-/m0/s1. The van der Waals surface area contributed by atoms with E-state index in [1.54, 1.807) is 19.1 Å². The van der Waals surface area contributed by atoms with Gasteiger partial charge in [0.15, 0.2) is 0 Å². The Morgan fingerprint density at radius 3 is 2.79 bits per heavy atom. The largest absolute Gasteiger partial charge is 0.469 e. The van der Waals surface area contributed by atoms with Crippen LogP contribution in [-0.2, 0) is 13.8 Å². The lowest BCUT2D eigenvalue weighted by molar-refractivity contribution is 0.0329. The highest BCUT2D eigenvalue weighted by molar-refractivity contribution is 7.46. The molecule has 1 heterocycles. The molecule has 1 aliphatic rings. The summed E-state index contributed by atoms with van der Waals surface area (Å²) in [5, 5.41) is 0. The van der Waals surface area contributed by atoms with Crippen LogP contribution in [0.5, 0.6) is 0 Å². The van der Waals surface area contributed by atoms with Gasteiger partial charge in [-0.05, 0) is 25.8 Å². The van der Waals surface area contributed by atoms with Gasteiger partial charge in [0.25, 0.3) is 0 Å². The number of hydrogen-bond donors (Lipinski definition) is 2. The molecule has 1 unspecified atom stereocenters. The van der Waals surface area contributed by atoms with E-state index in [0.717, 1.165) is 5.56 Å². The molecule has 0 saturated carbocycles. The molecule has 104 valence electrons. The van der Waals surface area contributed by atoms with Crippen molar-refractivity contribution in [3.8, 4) is 0 Å². The summed E-state index contributed by atoms with van der Waals surface area (Å²) in [6.07, 6.45) is -0.125. The lowest BCUT2D eigenvalue weighted by Gasteiger charge is -2.16. The molecule has 6 nitrogen and oxygen atoms in total. The summed E-state index contributed by atoms with van der Waals surface area (Å²) in [7, 11) is -4.47. The number of ether oxygens (including phenoxy) is 1. The van der Waals surface area contributed by atoms with E-state index < -0.39 is 13.9 Å². The fourth-order valence-electron chi connectivity index (χ4n) is 2.11. The molecular weight excluding hydrogens is 271 g/mol. The first-order valence-corrected chi connectivity index (χ1v) is 7.43. The van der Waals surface area contributed by atoms with Crippen LogP contribution in [0.4, 0.5) is 0 Å². The second-order valence-corrected chi connectivity index (χ2v) is 5.66. The maximum absolute atomic E-state index is 11.6. The van der Waals surface area contributed by atoms with E-state index in [1.165, 1.54) is 0 Å². The number of rotatable bonds is 5. The number of hydrogen-bond acceptors (Lipinski definition) is 4. The van der Waals surface area contributed by atoms with E-state index in [2.05, 4.69) is 4.52 Å². The SMILES string of the molecule is CC(CC[C@@H]1OC(=O)c2ccccc21)OP(=O)(O)O. The van der Waals surface area contributed by atoms with Crippen molar-refractivity contribution in [3.63, 3.8) is 0 Å². The fraction of sp³-hybridized carbons (Fsp3) is 0.417. The van der Waals surface area contributed by atoms with Crippen LogP contribution >= 0.6 is 7.82 Å². The van der Waals surface area contributed by atoms with Gasteiger partial charge in [-0.2, -0.15) is 0 Å². The molecule has 0 saturated heterocycles. The third kappa shape index (κ3) is 3.64. The Morgan fingerprint density at radius 2 is 2.11 bits per heavy atom. The molecule has 0 fully saturated rings. The molecule has 1 aromatic carbocycles. The van der Waals surface area contributed by atoms with Crippen molar-refractivity contribution in [2.75, 3.05) is 0 Å². The van der Waals surface area contributed by atoms with Crippen molar-refractivity contribution >= 4 is 13.8 Å². The molecule has 1 aromatic rings. The van der Waals surface area contributed by atoms with Crippen LogP contribution in [0.2, 0.25) is 0 Å². The van der Waals surface area contributed by atoms with Gasteiger partial charge in [0, 0.05) is 5.56 Å². The third-order valence-electron chi connectivity index (χ3n) is 2.93. The van der Waals surface area contributed by atoms with Crippen molar-refractivity contribution in [3.05, 3.63) is 35.4 Å². The number of phosphoric ester groups is 1. The third-order valence-corrected chi connectivity index (χ3v) is 3.56. The van der Waals surface area contributed by atoms with E-state index >= 15 is 0 Å². The van der Waals surface area contributed by atoms with Gasteiger partial charge in [0.05, 0.1) is 11.7 Å². The normalized spacial score (nSPS) is 19.9. The molecule has 0 radical (unpaired) electrons. The Balaban J connectivity index is 1.95. The molecule has 0 aromatic heterocycles. The van der Waals surface area contributed by atoms with E-state index in [1.807, 2.05) is 12.1 Å². The number of carbonyl (C=O) groups excluding carboxylic acids is 1. The van der Waals surface area contributed by atoms with Crippen LogP contribution in [0.3, 0.4) is 0 Å². The van der Waals surface area contributed by atoms with E-state index in [-0.39, 0.29) is 12.1 Å². The van der Waals surface area contributed by atoms with Crippen LogP contribution in [0.25, 0.3) is 0 Å². The molecule has 0 spiro atoms. The first-order chi connectivity index (χ1) is 8.87. The van der Waals surface area contributed by atoms with Crippen LogP contribution < -0.4 is 0 Å². The van der Waals surface area contributed by atoms with Crippen molar-refractivity contribution < 1.29 is 28.4 Å². The second-order valence-electron chi connectivity index (χ2n) is 4.47. The highest BCUT2D eigenvalue weighted by Crippen LogP contribution is 2.40. The van der Waals surface area contributed by atoms with E-state index in [9.17, 15) is 9.36 Å². The predicted molar refractivity (Wildman–Crippen MR) is 66.4 cm³/mol. The molecule has 0 bridgehead atoms. The van der Waals surface area contributed by atoms with Gasteiger partial charge in [-0.25, -0.2) is 9.36 Å². The Hall–Kier alpha value is -1.20. The van der Waals surface area contributed by atoms with Gasteiger partial charge in [-0.1, -0.05) is 18.2 Å². The molecule has 2 atom stereocenters. The number of fused-ring (bicyclic) bond motifs is 1. The Bertz CT molecular complexity index is 523. The molecule has 2 N–H and O–H groups in total. The number of esters is 1. The Labute approximate surface area is 110 Å². The highest BCUT2D eigenvalue weighted by Gasteiger charge is 2.31. The summed E-state index contributed by atoms with van der Waals surface area (Å²) < 4.78 is 20.4. The summed E-state index contributed by atoms with van der Waals surface area (Å²) in [5.41, 5.74) is 1.37. The van der Waals surface area contributed by atoms with Crippen molar-refractivity contribution in [2.24, 2.45) is 0 Å². The zero-order valence-corrected chi connectivity index (χ0v) is 11.2. The molecule has 7 heteroatoms. The fourth-order valence-corrected chi connectivity index (χ4v) is 2.68. The Morgan fingerprint density at radius 1 is 1.42 bits per heavy atom. The van der Waals surface area contributed by atoms with Gasteiger partial charge in [0.1, 0.15) is 6.10 Å². The molecule has 19 heavy (non-hydrogen) atoms. The average molecular weight is 286 g/mol. The maximum Gasteiger partial charge on any atom is 0.469 e. The zero-order valence-electron chi connectivity index (χ0n) is 10.4. The monoisotopic (exact) mass is 286 g/mol. The van der Waals surface area contributed by atoms with Crippen LogP contribution in [0, 0.1) is 0 Å². The topological polar surface area (TPSA) is 93.1 Å². The van der Waals surface area contributed by atoms with Gasteiger partial charge in [0.2, 0.25) is 0 Å². The minimum absolute atomic E-state index is 0.357. The summed E-state index contributed by atoms with van der Waals surface area (Å²) in [6, 6.07) is 7.11. The highest BCUT2D eigenvalue weighted by atomic mass is 31.2. The van der Waals surface area contributed by atoms with Crippen molar-refractivity contribution in [1.82, 2.24) is 0 Å². The predicted octanol–water partition coefficient (Wildman–Crippen LogP) is 2.18. The van der Waals surface area contributed by atoms with Gasteiger partial charge in [-0.3, -0.25) is 4.52 Å². The number of phosphoric acid groups is 1. The summed E-state index contributed by atoms with van der Waals surface area (Å²) in [6.45, 7) is 1.57. The summed E-state index contributed by atoms with van der Waals surface area (Å²) in [4.78, 5) is 28.9. The lowest BCUT2D eigenvalue weighted by Crippen LogP contribution is -2.09. The number of benzene rings is 1. The first-order valence-electron chi connectivity index (χ1n) is 5.90. The van der Waals surface area contributed by atoms with Gasteiger partial charge in [-0.15, -0.1) is 0 Å². The molecular formula is C12H15O6P. The van der Waals surface area contributed by atoms with Crippen LogP contribution in [-0.4, -0.2) is 21.9 Å². The average Bonchev–Trinajstić information content (AvgIpc) is 2.62. The van der Waals surface area contributed by atoms with Crippen LogP contribution in [0.15, 0.2) is 24.3 Å². The van der Waals surface area contributed by atoms with Gasteiger partial charge >= 0.3 is 13.8 Å². The quantitative estimate of drug-likeness (QED) is 0.636. The summed E-state index contributed by atoms with van der Waals surface area (Å²) in [5.74, 6) is -0.357.